The first-order chi connectivity index (χ1) is 9.62. The third-order valence-corrected chi connectivity index (χ3v) is 2.77. The van der Waals surface area contributed by atoms with Crippen LogP contribution in [0.2, 0.25) is 5.02 Å². The van der Waals surface area contributed by atoms with Crippen molar-refractivity contribution in [2.75, 3.05) is 0 Å². The van der Waals surface area contributed by atoms with Crippen LogP contribution in [0.3, 0.4) is 0 Å². The Balaban J connectivity index is 2.90. The molecule has 1 aromatic carbocycles. The first kappa shape index (κ1) is 15.1. The molecule has 0 amide bonds. The van der Waals surface area contributed by atoms with Crippen molar-refractivity contribution in [1.82, 2.24) is 9.55 Å². The minimum atomic E-state index is -4.92. The van der Waals surface area contributed by atoms with Crippen LogP contribution in [0.1, 0.15) is 5.56 Å². The van der Waals surface area contributed by atoms with Crippen molar-refractivity contribution in [3.8, 4) is 11.6 Å². The molecule has 0 aliphatic rings. The SMILES string of the molecule is O=c1[nH]c(=O)n(-c2ccc(Cl)cc2C(F)(F)F)c(O)c1F. The molecule has 0 aliphatic heterocycles. The van der Waals surface area contributed by atoms with E-state index in [1.807, 2.05) is 0 Å². The van der Waals surface area contributed by atoms with Gasteiger partial charge in [-0.25, -0.2) is 9.36 Å². The molecule has 2 aromatic rings. The highest BCUT2D eigenvalue weighted by Crippen LogP contribution is 2.36. The average molecular weight is 325 g/mol. The number of aromatic nitrogens is 2. The fourth-order valence-corrected chi connectivity index (χ4v) is 1.83. The predicted octanol–water partition coefficient (Wildman–Crippen LogP) is 2.04. The molecule has 0 radical (unpaired) electrons. The zero-order valence-electron chi connectivity index (χ0n) is 9.83. The summed E-state index contributed by atoms with van der Waals surface area (Å²) in [4.78, 5) is 23.9. The summed E-state index contributed by atoms with van der Waals surface area (Å²) in [6, 6.07) is 2.29. The monoisotopic (exact) mass is 324 g/mol. The van der Waals surface area contributed by atoms with Gasteiger partial charge >= 0.3 is 11.9 Å². The third kappa shape index (κ3) is 2.64. The number of alkyl halides is 3. The second-order valence-electron chi connectivity index (χ2n) is 3.89. The Labute approximate surface area is 118 Å². The lowest BCUT2D eigenvalue weighted by molar-refractivity contribution is -0.137. The second kappa shape index (κ2) is 4.92. The lowest BCUT2D eigenvalue weighted by Crippen LogP contribution is -2.32. The number of rotatable bonds is 1. The molecule has 0 atom stereocenters. The van der Waals surface area contributed by atoms with Crippen LogP contribution < -0.4 is 11.2 Å². The average Bonchev–Trinajstić information content (AvgIpc) is 2.36. The van der Waals surface area contributed by atoms with Crippen LogP contribution in [0.15, 0.2) is 27.8 Å². The van der Waals surface area contributed by atoms with Gasteiger partial charge in [-0.05, 0) is 18.2 Å². The molecule has 0 unspecified atom stereocenters. The van der Waals surface area contributed by atoms with Gasteiger partial charge in [-0.2, -0.15) is 17.6 Å². The fraction of sp³-hybridized carbons (Fsp3) is 0.0909. The van der Waals surface area contributed by atoms with Gasteiger partial charge in [0.2, 0.25) is 11.7 Å². The van der Waals surface area contributed by atoms with Gasteiger partial charge in [0.25, 0.3) is 5.56 Å². The summed E-state index contributed by atoms with van der Waals surface area (Å²) in [5.41, 5.74) is -5.22. The zero-order valence-corrected chi connectivity index (χ0v) is 10.6. The maximum absolute atomic E-state index is 13.3. The number of halogens is 5. The summed E-state index contributed by atoms with van der Waals surface area (Å²) >= 11 is 5.46. The summed E-state index contributed by atoms with van der Waals surface area (Å²) in [6.07, 6.45) is -4.92. The quantitative estimate of drug-likeness (QED) is 0.788. The Morgan fingerprint density at radius 1 is 1.24 bits per heavy atom. The molecule has 1 aromatic heterocycles. The molecule has 0 saturated carbocycles. The lowest BCUT2D eigenvalue weighted by Gasteiger charge is -2.15. The molecule has 0 spiro atoms. The van der Waals surface area contributed by atoms with E-state index >= 15 is 0 Å². The number of aromatic hydroxyl groups is 1. The molecule has 10 heteroatoms. The molecule has 5 nitrogen and oxygen atoms in total. The summed E-state index contributed by atoms with van der Waals surface area (Å²) < 4.78 is 52.1. The van der Waals surface area contributed by atoms with Crippen LogP contribution in [-0.4, -0.2) is 14.7 Å². The highest BCUT2D eigenvalue weighted by molar-refractivity contribution is 6.30. The molecule has 1 heterocycles. The Kier molecular flexibility index (Phi) is 3.54. The minimum absolute atomic E-state index is 0.00408. The second-order valence-corrected chi connectivity index (χ2v) is 4.33. The van der Waals surface area contributed by atoms with E-state index in [1.165, 1.54) is 4.98 Å². The van der Waals surface area contributed by atoms with Gasteiger partial charge in [0, 0.05) is 5.02 Å². The van der Waals surface area contributed by atoms with Gasteiger partial charge in [0.05, 0.1) is 11.3 Å². The van der Waals surface area contributed by atoms with E-state index in [1.54, 1.807) is 0 Å². The first-order valence-corrected chi connectivity index (χ1v) is 5.61. The van der Waals surface area contributed by atoms with Gasteiger partial charge in [0.1, 0.15) is 0 Å². The highest BCUT2D eigenvalue weighted by Gasteiger charge is 2.35. The lowest BCUT2D eigenvalue weighted by atomic mass is 10.1. The number of aromatic amines is 1. The van der Waals surface area contributed by atoms with E-state index in [0.29, 0.717) is 6.07 Å². The van der Waals surface area contributed by atoms with E-state index < -0.39 is 40.4 Å². The molecular weight excluding hydrogens is 320 g/mol. The highest BCUT2D eigenvalue weighted by atomic mass is 35.5. The van der Waals surface area contributed by atoms with E-state index in [4.69, 9.17) is 11.6 Å². The van der Waals surface area contributed by atoms with Crippen LogP contribution in [0.5, 0.6) is 5.88 Å². The molecule has 0 saturated heterocycles. The molecule has 0 fully saturated rings. The summed E-state index contributed by atoms with van der Waals surface area (Å²) in [5, 5.41) is 9.17. The Hall–Kier alpha value is -2.29. The van der Waals surface area contributed by atoms with Gasteiger partial charge in [0.15, 0.2) is 0 Å². The topological polar surface area (TPSA) is 75.1 Å². The first-order valence-electron chi connectivity index (χ1n) is 5.24. The molecule has 21 heavy (non-hydrogen) atoms. The standard InChI is InChI=1S/C11H5ClF4N2O3/c12-4-1-2-6(5(3-4)11(14,15)16)18-9(20)7(13)8(19)17-10(18)21/h1-3,20H,(H,17,19,21). The van der Waals surface area contributed by atoms with Gasteiger partial charge in [-0.1, -0.05) is 11.6 Å². The Bertz CT molecular complexity index is 826. The largest absolute Gasteiger partial charge is 0.492 e. The van der Waals surface area contributed by atoms with Crippen LogP contribution in [0.25, 0.3) is 5.69 Å². The van der Waals surface area contributed by atoms with Gasteiger partial charge < -0.3 is 5.11 Å². The van der Waals surface area contributed by atoms with E-state index in [9.17, 15) is 32.3 Å². The summed E-state index contributed by atoms with van der Waals surface area (Å²) in [5.74, 6) is -3.31. The Morgan fingerprint density at radius 3 is 2.43 bits per heavy atom. The van der Waals surface area contributed by atoms with E-state index in [2.05, 4.69) is 0 Å². The number of H-pyrrole nitrogens is 1. The van der Waals surface area contributed by atoms with E-state index in [-0.39, 0.29) is 9.59 Å². The van der Waals surface area contributed by atoms with Crippen molar-refractivity contribution in [2.45, 2.75) is 6.18 Å². The summed E-state index contributed by atoms with van der Waals surface area (Å²) in [6.45, 7) is 0. The number of nitrogens with zero attached hydrogens (tertiary/aromatic N) is 1. The van der Waals surface area contributed by atoms with Crippen molar-refractivity contribution >= 4 is 11.6 Å². The van der Waals surface area contributed by atoms with Gasteiger partial charge in [-0.15, -0.1) is 0 Å². The number of benzene rings is 1. The molecule has 112 valence electrons. The van der Waals surface area contributed by atoms with E-state index in [0.717, 1.165) is 12.1 Å². The fourth-order valence-electron chi connectivity index (χ4n) is 1.66. The van der Waals surface area contributed by atoms with Crippen LogP contribution in [-0.2, 0) is 6.18 Å². The molecular formula is C11H5ClF4N2O3. The molecule has 0 aliphatic carbocycles. The minimum Gasteiger partial charge on any atom is -0.492 e. The molecule has 0 bridgehead atoms. The maximum atomic E-state index is 13.3. The van der Waals surface area contributed by atoms with Crippen molar-refractivity contribution in [2.24, 2.45) is 0 Å². The number of hydrogen-bond acceptors (Lipinski definition) is 3. The zero-order chi connectivity index (χ0) is 15.9. The number of nitrogens with one attached hydrogen (secondary N) is 1. The third-order valence-electron chi connectivity index (χ3n) is 2.54. The Morgan fingerprint density at radius 2 is 1.86 bits per heavy atom. The predicted molar refractivity (Wildman–Crippen MR) is 64.3 cm³/mol. The van der Waals surface area contributed by atoms with Crippen LogP contribution in [0, 0.1) is 5.82 Å². The van der Waals surface area contributed by atoms with Crippen LogP contribution in [0.4, 0.5) is 17.6 Å². The van der Waals surface area contributed by atoms with Crippen LogP contribution >= 0.6 is 11.6 Å². The normalized spacial score (nSPS) is 11.7. The smallest absolute Gasteiger partial charge is 0.418 e. The number of hydrogen-bond donors (Lipinski definition) is 2. The van der Waals surface area contributed by atoms with Crippen molar-refractivity contribution in [3.63, 3.8) is 0 Å². The summed E-state index contributed by atoms with van der Waals surface area (Å²) in [7, 11) is 0. The van der Waals surface area contributed by atoms with Crippen molar-refractivity contribution < 1.29 is 22.7 Å². The molecule has 2 N–H and O–H groups in total. The van der Waals surface area contributed by atoms with Gasteiger partial charge in [-0.3, -0.25) is 9.78 Å². The molecule has 2 rings (SSSR count). The van der Waals surface area contributed by atoms with Crippen molar-refractivity contribution in [3.05, 3.63) is 55.4 Å². The maximum Gasteiger partial charge on any atom is 0.418 e. The van der Waals surface area contributed by atoms with Crippen molar-refractivity contribution in [1.29, 1.82) is 0 Å².